The zero-order valence-corrected chi connectivity index (χ0v) is 10.9. The highest BCUT2D eigenvalue weighted by Gasteiger charge is 2.21. The summed E-state index contributed by atoms with van der Waals surface area (Å²) in [5, 5.41) is 11.6. The molecule has 2 heterocycles. The quantitative estimate of drug-likeness (QED) is 0.471. The smallest absolute Gasteiger partial charge is 0.260 e. The molecule has 0 unspecified atom stereocenters. The van der Waals surface area contributed by atoms with Crippen LogP contribution in [0.3, 0.4) is 0 Å². The van der Waals surface area contributed by atoms with Crippen LogP contribution in [-0.2, 0) is 0 Å². The number of thioether (sulfide) groups is 1. The molecule has 7 heteroatoms. The third kappa shape index (κ3) is 2.98. The van der Waals surface area contributed by atoms with Gasteiger partial charge in [-0.3, -0.25) is 15.1 Å². The minimum absolute atomic E-state index is 0.232. The summed E-state index contributed by atoms with van der Waals surface area (Å²) < 4.78 is 0. The lowest BCUT2D eigenvalue weighted by Crippen LogP contribution is -2.39. The van der Waals surface area contributed by atoms with Crippen LogP contribution in [0, 0.1) is 10.1 Å². The average molecular weight is 266 g/mol. The van der Waals surface area contributed by atoms with Crippen molar-refractivity contribution >= 4 is 23.3 Å². The molecule has 0 amide bonds. The molecule has 0 bridgehead atoms. The molecule has 0 spiro atoms. The number of hydrogen-bond acceptors (Lipinski definition) is 6. The highest BCUT2D eigenvalue weighted by atomic mass is 32.2. The third-order valence-corrected chi connectivity index (χ3v) is 3.32. The van der Waals surface area contributed by atoms with Crippen LogP contribution in [0.2, 0.25) is 0 Å². The molecule has 1 aromatic heterocycles. The molecule has 0 aromatic carbocycles. The minimum atomic E-state index is -0.346. The van der Waals surface area contributed by atoms with Crippen LogP contribution in [0.5, 0.6) is 0 Å². The van der Waals surface area contributed by atoms with Crippen molar-refractivity contribution in [2.45, 2.75) is 11.4 Å². The van der Waals surface area contributed by atoms with E-state index in [2.05, 4.69) is 9.98 Å². The second kappa shape index (κ2) is 5.81. The molecule has 2 rings (SSSR count). The van der Waals surface area contributed by atoms with Gasteiger partial charge in [-0.25, -0.2) is 4.98 Å². The van der Waals surface area contributed by atoms with Gasteiger partial charge in [0.05, 0.1) is 16.9 Å². The summed E-state index contributed by atoms with van der Waals surface area (Å²) in [6, 6.07) is 3.85. The van der Waals surface area contributed by atoms with Gasteiger partial charge >= 0.3 is 0 Å². The first-order valence-corrected chi connectivity index (χ1v) is 6.86. The predicted octanol–water partition coefficient (Wildman–Crippen LogP) is 1.69. The van der Waals surface area contributed by atoms with Gasteiger partial charge in [0.15, 0.2) is 5.84 Å². The number of nitrogens with zero attached hydrogens (tertiary/aromatic N) is 4. The zero-order valence-electron chi connectivity index (χ0n) is 10.1. The van der Waals surface area contributed by atoms with E-state index in [1.165, 1.54) is 0 Å². The average Bonchev–Trinajstić information content (AvgIpc) is 2.39. The molecule has 1 aliphatic heterocycles. The molecule has 96 valence electrons. The SMILES string of the molecule is CSc1ccc(N2CCCN=C2C[N+](=O)[O-])cn1. The number of hydrogen-bond donors (Lipinski definition) is 0. The lowest BCUT2D eigenvalue weighted by Gasteiger charge is -2.27. The van der Waals surface area contributed by atoms with Crippen molar-refractivity contribution < 1.29 is 4.92 Å². The second-order valence-corrected chi connectivity index (χ2v) is 4.68. The Morgan fingerprint density at radius 3 is 3.00 bits per heavy atom. The van der Waals surface area contributed by atoms with Crippen LogP contribution in [0.25, 0.3) is 0 Å². The lowest BCUT2D eigenvalue weighted by atomic mass is 10.2. The van der Waals surface area contributed by atoms with Gasteiger partial charge in [0, 0.05) is 18.0 Å². The van der Waals surface area contributed by atoms with E-state index in [-0.39, 0.29) is 11.5 Å². The molecule has 0 saturated heterocycles. The Balaban J connectivity index is 2.20. The maximum absolute atomic E-state index is 10.6. The fourth-order valence-corrected chi connectivity index (χ4v) is 2.20. The summed E-state index contributed by atoms with van der Waals surface area (Å²) in [4.78, 5) is 20.7. The van der Waals surface area contributed by atoms with Gasteiger partial charge in [-0.2, -0.15) is 0 Å². The zero-order chi connectivity index (χ0) is 13.0. The van der Waals surface area contributed by atoms with Crippen molar-refractivity contribution in [2.75, 3.05) is 30.8 Å². The van der Waals surface area contributed by atoms with Gasteiger partial charge in [-0.1, -0.05) is 0 Å². The first-order valence-electron chi connectivity index (χ1n) is 5.63. The molecule has 6 nitrogen and oxygen atoms in total. The Morgan fingerprint density at radius 2 is 2.39 bits per heavy atom. The largest absolute Gasteiger partial charge is 0.323 e. The molecule has 0 N–H and O–H groups in total. The number of anilines is 1. The molecule has 0 aliphatic carbocycles. The summed E-state index contributed by atoms with van der Waals surface area (Å²) in [6.45, 7) is 1.19. The number of aromatic nitrogens is 1. The molecule has 0 saturated carbocycles. The van der Waals surface area contributed by atoms with Gasteiger partial charge in [0.1, 0.15) is 0 Å². The van der Waals surface area contributed by atoms with E-state index in [1.54, 1.807) is 18.0 Å². The minimum Gasteiger partial charge on any atom is -0.323 e. The molecule has 1 aromatic rings. The fraction of sp³-hybridized carbons (Fsp3) is 0.455. The lowest BCUT2D eigenvalue weighted by molar-refractivity contribution is -0.463. The van der Waals surface area contributed by atoms with Crippen molar-refractivity contribution in [3.05, 3.63) is 28.4 Å². The second-order valence-electron chi connectivity index (χ2n) is 3.85. The number of rotatable bonds is 4. The summed E-state index contributed by atoms with van der Waals surface area (Å²) in [6.07, 6.45) is 4.61. The predicted molar refractivity (Wildman–Crippen MR) is 72.1 cm³/mol. The van der Waals surface area contributed by atoms with E-state index in [0.29, 0.717) is 12.4 Å². The third-order valence-electron chi connectivity index (χ3n) is 2.66. The molecule has 0 radical (unpaired) electrons. The normalized spacial score (nSPS) is 15.4. The van der Waals surface area contributed by atoms with Crippen molar-refractivity contribution in [1.82, 2.24) is 4.98 Å². The van der Waals surface area contributed by atoms with E-state index >= 15 is 0 Å². The summed E-state index contributed by atoms with van der Waals surface area (Å²) in [5.41, 5.74) is 0.869. The highest BCUT2D eigenvalue weighted by molar-refractivity contribution is 7.98. The van der Waals surface area contributed by atoms with Gasteiger partial charge in [0.25, 0.3) is 6.54 Å². The summed E-state index contributed by atoms with van der Waals surface area (Å²) in [7, 11) is 0. The molecule has 0 fully saturated rings. The maximum Gasteiger partial charge on any atom is 0.260 e. The van der Waals surface area contributed by atoms with Crippen LogP contribution >= 0.6 is 11.8 Å². The Bertz CT molecular complexity index is 461. The van der Waals surface area contributed by atoms with Crippen LogP contribution in [0.4, 0.5) is 5.69 Å². The van der Waals surface area contributed by atoms with Crippen molar-refractivity contribution in [3.8, 4) is 0 Å². The van der Waals surface area contributed by atoms with Gasteiger partial charge in [0.2, 0.25) is 0 Å². The van der Waals surface area contributed by atoms with E-state index < -0.39 is 0 Å². The van der Waals surface area contributed by atoms with Crippen LogP contribution in [0.1, 0.15) is 6.42 Å². The molecule has 18 heavy (non-hydrogen) atoms. The number of amidine groups is 1. The highest BCUT2D eigenvalue weighted by Crippen LogP contribution is 2.20. The number of pyridine rings is 1. The Morgan fingerprint density at radius 1 is 1.56 bits per heavy atom. The Kier molecular flexibility index (Phi) is 4.14. The van der Waals surface area contributed by atoms with E-state index in [1.807, 2.05) is 23.3 Å². The summed E-state index contributed by atoms with van der Waals surface area (Å²) >= 11 is 1.57. The first-order chi connectivity index (χ1) is 8.70. The van der Waals surface area contributed by atoms with Gasteiger partial charge in [-0.05, 0) is 24.8 Å². The molecular weight excluding hydrogens is 252 g/mol. The topological polar surface area (TPSA) is 71.6 Å². The molecule has 1 aliphatic rings. The maximum atomic E-state index is 10.6. The van der Waals surface area contributed by atoms with Crippen molar-refractivity contribution in [1.29, 1.82) is 0 Å². The summed E-state index contributed by atoms with van der Waals surface area (Å²) in [5.74, 6) is 0.518. The van der Waals surface area contributed by atoms with Gasteiger partial charge < -0.3 is 4.90 Å². The molecule has 0 atom stereocenters. The van der Waals surface area contributed by atoms with Crippen LogP contribution in [-0.4, -0.2) is 41.6 Å². The van der Waals surface area contributed by atoms with Crippen molar-refractivity contribution in [2.24, 2.45) is 4.99 Å². The number of aliphatic imine (C=N–C) groups is 1. The number of nitro groups is 1. The van der Waals surface area contributed by atoms with Crippen LogP contribution in [0.15, 0.2) is 28.3 Å². The monoisotopic (exact) mass is 266 g/mol. The van der Waals surface area contributed by atoms with Gasteiger partial charge in [-0.15, -0.1) is 11.8 Å². The van der Waals surface area contributed by atoms with E-state index in [4.69, 9.17) is 0 Å². The van der Waals surface area contributed by atoms with E-state index in [0.717, 1.165) is 23.7 Å². The Labute approximate surface area is 109 Å². The standard InChI is InChI=1S/C11H14N4O2S/c1-18-11-4-3-9(7-13-11)14-6-2-5-12-10(14)8-15(16)17/h3-4,7H,2,5-6,8H2,1H3. The van der Waals surface area contributed by atoms with Crippen LogP contribution < -0.4 is 4.90 Å². The fourth-order valence-electron chi connectivity index (χ4n) is 1.83. The van der Waals surface area contributed by atoms with E-state index in [9.17, 15) is 10.1 Å². The first kappa shape index (κ1) is 12.8. The Hall–Kier alpha value is -1.63. The van der Waals surface area contributed by atoms with Crippen molar-refractivity contribution in [3.63, 3.8) is 0 Å². The molecular formula is C11H14N4O2S.